The maximum absolute atomic E-state index is 12.1. The first-order valence-corrected chi connectivity index (χ1v) is 10.8. The van der Waals surface area contributed by atoms with Crippen LogP contribution in [-0.2, 0) is 9.59 Å². The number of benzene rings is 2. The molecule has 0 fully saturated rings. The second-order valence-corrected chi connectivity index (χ2v) is 8.22. The van der Waals surface area contributed by atoms with Gasteiger partial charge in [-0.05, 0) is 62.1 Å². The number of carbonyl (C=O) groups is 2. The third-order valence-corrected chi connectivity index (χ3v) is 5.75. The highest BCUT2D eigenvalue weighted by Crippen LogP contribution is 2.20. The highest BCUT2D eigenvalue weighted by atomic mass is 32.2. The lowest BCUT2D eigenvalue weighted by molar-refractivity contribution is -0.119. The van der Waals surface area contributed by atoms with Gasteiger partial charge in [0.15, 0.2) is 0 Å². The van der Waals surface area contributed by atoms with Gasteiger partial charge in [0.25, 0.3) is 0 Å². The van der Waals surface area contributed by atoms with Gasteiger partial charge in [-0.15, -0.1) is 0 Å². The minimum atomic E-state index is -0.00238. The molecule has 1 atom stereocenters. The molecule has 28 heavy (non-hydrogen) atoms. The third-order valence-electron chi connectivity index (χ3n) is 4.70. The summed E-state index contributed by atoms with van der Waals surface area (Å²) in [6.45, 7) is 8.04. The number of thioether (sulfide) groups is 1. The number of para-hydroxylation sites is 1. The summed E-state index contributed by atoms with van der Waals surface area (Å²) in [6, 6.07) is 14.1. The largest absolute Gasteiger partial charge is 0.349 e. The Hall–Kier alpha value is -2.27. The van der Waals surface area contributed by atoms with Crippen LogP contribution in [0.5, 0.6) is 0 Å². The summed E-state index contributed by atoms with van der Waals surface area (Å²) in [5, 5.41) is 6.04. The first-order valence-electron chi connectivity index (χ1n) is 9.67. The van der Waals surface area contributed by atoms with Crippen molar-refractivity contribution in [1.82, 2.24) is 5.32 Å². The van der Waals surface area contributed by atoms with Gasteiger partial charge in [0.1, 0.15) is 0 Å². The van der Waals surface area contributed by atoms with Crippen LogP contribution < -0.4 is 10.6 Å². The SMILES string of the molecule is Cc1ccccc1C(C)NC(=O)CSCCCC(=O)Nc1c(C)cccc1C. The summed E-state index contributed by atoms with van der Waals surface area (Å²) < 4.78 is 0. The monoisotopic (exact) mass is 398 g/mol. The lowest BCUT2D eigenvalue weighted by Gasteiger charge is -2.16. The Morgan fingerprint density at radius 2 is 1.57 bits per heavy atom. The van der Waals surface area contributed by atoms with Gasteiger partial charge < -0.3 is 10.6 Å². The lowest BCUT2D eigenvalue weighted by atomic mass is 10.0. The van der Waals surface area contributed by atoms with E-state index in [1.54, 1.807) is 11.8 Å². The number of carbonyl (C=O) groups excluding carboxylic acids is 2. The van der Waals surface area contributed by atoms with Crippen LogP contribution in [0.4, 0.5) is 5.69 Å². The summed E-state index contributed by atoms with van der Waals surface area (Å²) in [6.07, 6.45) is 1.21. The molecule has 0 spiro atoms. The highest BCUT2D eigenvalue weighted by molar-refractivity contribution is 7.99. The number of anilines is 1. The molecule has 0 aliphatic rings. The maximum Gasteiger partial charge on any atom is 0.230 e. The molecule has 0 radical (unpaired) electrons. The lowest BCUT2D eigenvalue weighted by Crippen LogP contribution is -2.28. The Kier molecular flexibility index (Phi) is 8.58. The molecule has 4 nitrogen and oxygen atoms in total. The molecule has 2 rings (SSSR count). The van der Waals surface area contributed by atoms with Crippen LogP contribution in [0.3, 0.4) is 0 Å². The molecule has 2 amide bonds. The standard InChI is InChI=1S/C23H30N2O2S/c1-16-9-5-6-12-20(16)19(4)24-22(27)15-28-14-8-13-21(26)25-23-17(2)10-7-11-18(23)3/h5-7,9-12,19H,8,13-15H2,1-4H3,(H,24,27)(H,25,26). The van der Waals surface area contributed by atoms with Crippen molar-refractivity contribution in [2.75, 3.05) is 16.8 Å². The van der Waals surface area contributed by atoms with Gasteiger partial charge in [-0.3, -0.25) is 9.59 Å². The molecule has 2 aromatic carbocycles. The topological polar surface area (TPSA) is 58.2 Å². The van der Waals surface area contributed by atoms with Crippen LogP contribution in [-0.4, -0.2) is 23.3 Å². The summed E-state index contributed by atoms with van der Waals surface area (Å²) in [5.74, 6) is 1.25. The Bertz CT molecular complexity index is 800. The molecule has 0 aromatic heterocycles. The summed E-state index contributed by atoms with van der Waals surface area (Å²) in [5.41, 5.74) is 5.37. The molecule has 5 heteroatoms. The zero-order valence-electron chi connectivity index (χ0n) is 17.2. The predicted molar refractivity (Wildman–Crippen MR) is 119 cm³/mol. The number of hydrogen-bond donors (Lipinski definition) is 2. The van der Waals surface area contributed by atoms with Crippen LogP contribution in [0.15, 0.2) is 42.5 Å². The van der Waals surface area contributed by atoms with Gasteiger partial charge in [0, 0.05) is 12.1 Å². The molecule has 0 bridgehead atoms. The van der Waals surface area contributed by atoms with Crippen molar-refractivity contribution in [1.29, 1.82) is 0 Å². The van der Waals surface area contributed by atoms with Crippen molar-refractivity contribution >= 4 is 29.3 Å². The first-order chi connectivity index (χ1) is 13.4. The average molecular weight is 399 g/mol. The van der Waals surface area contributed by atoms with Crippen LogP contribution in [0.1, 0.15) is 48.1 Å². The van der Waals surface area contributed by atoms with Gasteiger partial charge in [0.05, 0.1) is 11.8 Å². The predicted octanol–water partition coefficient (Wildman–Crippen LogP) is 4.94. The molecule has 0 saturated heterocycles. The van der Waals surface area contributed by atoms with E-state index < -0.39 is 0 Å². The van der Waals surface area contributed by atoms with E-state index in [2.05, 4.69) is 23.6 Å². The van der Waals surface area contributed by atoms with Gasteiger partial charge >= 0.3 is 0 Å². The Morgan fingerprint density at radius 3 is 2.25 bits per heavy atom. The normalized spacial score (nSPS) is 11.7. The second kappa shape index (κ2) is 10.9. The maximum atomic E-state index is 12.1. The zero-order chi connectivity index (χ0) is 20.5. The third kappa shape index (κ3) is 6.71. The number of nitrogens with one attached hydrogen (secondary N) is 2. The van der Waals surface area contributed by atoms with Crippen LogP contribution in [0.25, 0.3) is 0 Å². The molecule has 0 heterocycles. The van der Waals surface area contributed by atoms with E-state index in [1.165, 1.54) is 5.56 Å². The van der Waals surface area contributed by atoms with Crippen molar-refractivity contribution in [2.24, 2.45) is 0 Å². The van der Waals surface area contributed by atoms with E-state index in [-0.39, 0.29) is 17.9 Å². The minimum absolute atomic E-state index is 0.00238. The smallest absolute Gasteiger partial charge is 0.230 e. The Balaban J connectivity index is 1.65. The van der Waals surface area contributed by atoms with Crippen molar-refractivity contribution in [3.63, 3.8) is 0 Å². The molecule has 150 valence electrons. The molecule has 0 aliphatic carbocycles. The number of amides is 2. The van der Waals surface area contributed by atoms with Crippen molar-refractivity contribution in [3.8, 4) is 0 Å². The first kappa shape index (κ1) is 22.0. The molecule has 2 N–H and O–H groups in total. The van der Waals surface area contributed by atoms with Gasteiger partial charge in [-0.2, -0.15) is 11.8 Å². The van der Waals surface area contributed by atoms with E-state index >= 15 is 0 Å². The van der Waals surface area contributed by atoms with E-state index in [9.17, 15) is 9.59 Å². The Labute approximate surface area is 172 Å². The molecular formula is C23H30N2O2S. The van der Waals surface area contributed by atoms with Crippen molar-refractivity contribution < 1.29 is 9.59 Å². The van der Waals surface area contributed by atoms with Gasteiger partial charge in [0.2, 0.25) is 11.8 Å². The Morgan fingerprint density at radius 1 is 0.929 bits per heavy atom. The number of aryl methyl sites for hydroxylation is 3. The summed E-state index contributed by atoms with van der Waals surface area (Å²) in [4.78, 5) is 24.3. The fourth-order valence-electron chi connectivity index (χ4n) is 3.15. The fourth-order valence-corrected chi connectivity index (χ4v) is 3.91. The van der Waals surface area contributed by atoms with Gasteiger partial charge in [-0.1, -0.05) is 42.5 Å². The molecule has 0 aliphatic heterocycles. The van der Waals surface area contributed by atoms with E-state index in [4.69, 9.17) is 0 Å². The summed E-state index contributed by atoms with van der Waals surface area (Å²) in [7, 11) is 0. The van der Waals surface area contributed by atoms with Crippen LogP contribution >= 0.6 is 11.8 Å². The number of rotatable bonds is 9. The molecule has 1 unspecified atom stereocenters. The van der Waals surface area contributed by atoms with E-state index in [0.717, 1.165) is 34.6 Å². The average Bonchev–Trinajstić information content (AvgIpc) is 2.65. The molecule has 2 aromatic rings. The fraction of sp³-hybridized carbons (Fsp3) is 0.391. The van der Waals surface area contributed by atoms with E-state index in [1.807, 2.05) is 57.2 Å². The zero-order valence-corrected chi connectivity index (χ0v) is 18.0. The van der Waals surface area contributed by atoms with Crippen molar-refractivity contribution in [3.05, 3.63) is 64.7 Å². The summed E-state index contributed by atoms with van der Waals surface area (Å²) >= 11 is 1.57. The van der Waals surface area contributed by atoms with Crippen molar-refractivity contribution in [2.45, 2.75) is 46.6 Å². The van der Waals surface area contributed by atoms with Crippen LogP contribution in [0.2, 0.25) is 0 Å². The van der Waals surface area contributed by atoms with Gasteiger partial charge in [-0.25, -0.2) is 0 Å². The second-order valence-electron chi connectivity index (χ2n) is 7.12. The minimum Gasteiger partial charge on any atom is -0.349 e. The number of hydrogen-bond acceptors (Lipinski definition) is 3. The quantitative estimate of drug-likeness (QED) is 0.588. The molecular weight excluding hydrogens is 368 g/mol. The van der Waals surface area contributed by atoms with E-state index in [0.29, 0.717) is 12.2 Å². The highest BCUT2D eigenvalue weighted by Gasteiger charge is 2.11. The molecule has 0 saturated carbocycles. The van der Waals surface area contributed by atoms with Crippen LogP contribution in [0, 0.1) is 20.8 Å².